The normalized spacial score (nSPS) is 20.4. The van der Waals surface area contributed by atoms with Gasteiger partial charge in [-0.05, 0) is 33.3 Å². The highest BCUT2D eigenvalue weighted by Gasteiger charge is 2.54. The molecule has 4 N–H and O–H groups in total. The van der Waals surface area contributed by atoms with Crippen LogP contribution in [0, 0.1) is 5.41 Å². The highest BCUT2D eigenvalue weighted by molar-refractivity contribution is 8.00. The summed E-state index contributed by atoms with van der Waals surface area (Å²) in [7, 11) is 0. The van der Waals surface area contributed by atoms with Crippen molar-refractivity contribution in [3.05, 3.63) is 34.5 Å². The second-order valence-corrected chi connectivity index (χ2v) is 10.5. The van der Waals surface area contributed by atoms with Crippen molar-refractivity contribution in [2.45, 2.75) is 39.1 Å². The monoisotopic (exact) mass is 523 g/mol. The zero-order chi connectivity index (χ0) is 25.9. The SMILES string of the molecule is C/C=C/C1=C(C(=O)OCOC(=O)C(C)(C)C)N2C(=O)[C@@H](NC(=O)/C(=N\O)c3csc(N)n3)[C@@H]2SC1. The first-order valence-electron chi connectivity index (χ1n) is 10.4. The lowest BCUT2D eigenvalue weighted by atomic mass is 9.98. The minimum absolute atomic E-state index is 0.0116. The minimum Gasteiger partial charge on any atom is -0.427 e. The van der Waals surface area contributed by atoms with E-state index in [1.54, 1.807) is 39.8 Å². The molecule has 0 bridgehead atoms. The molecular formula is C21H25N5O7S2. The molecule has 0 unspecified atom stereocenters. The highest BCUT2D eigenvalue weighted by atomic mass is 32.2. The van der Waals surface area contributed by atoms with E-state index < -0.39 is 53.1 Å². The Labute approximate surface area is 209 Å². The van der Waals surface area contributed by atoms with Crippen molar-refractivity contribution in [3.63, 3.8) is 0 Å². The lowest BCUT2D eigenvalue weighted by Gasteiger charge is -2.49. The average Bonchev–Trinajstić information content (AvgIpc) is 3.22. The number of fused-ring (bicyclic) bond motifs is 1. The van der Waals surface area contributed by atoms with Crippen LogP contribution in [0.3, 0.4) is 0 Å². The Morgan fingerprint density at radius 3 is 2.66 bits per heavy atom. The molecule has 0 spiro atoms. The van der Waals surface area contributed by atoms with Crippen molar-refractivity contribution in [2.24, 2.45) is 10.6 Å². The summed E-state index contributed by atoms with van der Waals surface area (Å²) >= 11 is 2.40. The molecule has 188 valence electrons. The van der Waals surface area contributed by atoms with Crippen molar-refractivity contribution in [1.82, 2.24) is 15.2 Å². The minimum atomic E-state index is -0.978. The number of esters is 2. The lowest BCUT2D eigenvalue weighted by Crippen LogP contribution is -2.71. The van der Waals surface area contributed by atoms with Gasteiger partial charge < -0.3 is 25.7 Å². The number of nitrogens with zero attached hydrogens (tertiary/aromatic N) is 3. The van der Waals surface area contributed by atoms with Gasteiger partial charge in [-0.1, -0.05) is 17.3 Å². The van der Waals surface area contributed by atoms with Gasteiger partial charge in [-0.25, -0.2) is 9.78 Å². The molecule has 3 rings (SSSR count). The number of nitrogen functional groups attached to an aromatic ring is 1. The predicted molar refractivity (Wildman–Crippen MR) is 128 cm³/mol. The Morgan fingerprint density at radius 2 is 2.09 bits per heavy atom. The summed E-state index contributed by atoms with van der Waals surface area (Å²) in [5.74, 6) is -2.39. The predicted octanol–water partition coefficient (Wildman–Crippen LogP) is 1.22. The van der Waals surface area contributed by atoms with Crippen molar-refractivity contribution in [1.29, 1.82) is 0 Å². The fourth-order valence-corrected chi connectivity index (χ4v) is 5.07. The van der Waals surface area contributed by atoms with Crippen LogP contribution in [-0.4, -0.2) is 68.5 Å². The summed E-state index contributed by atoms with van der Waals surface area (Å²) in [4.78, 5) is 55.5. The molecular weight excluding hydrogens is 498 g/mol. The third kappa shape index (κ3) is 5.48. The fourth-order valence-electron chi connectivity index (χ4n) is 3.20. The number of carbonyl (C=O) groups excluding carboxylic acids is 4. The molecule has 2 aliphatic heterocycles. The number of anilines is 1. The number of aromatic nitrogens is 1. The van der Waals surface area contributed by atoms with E-state index >= 15 is 0 Å². The van der Waals surface area contributed by atoms with E-state index in [0.717, 1.165) is 11.3 Å². The number of ether oxygens (including phenoxy) is 2. The van der Waals surface area contributed by atoms with Crippen LogP contribution in [0.25, 0.3) is 0 Å². The Morgan fingerprint density at radius 1 is 1.37 bits per heavy atom. The van der Waals surface area contributed by atoms with Gasteiger partial charge in [0.1, 0.15) is 22.8 Å². The van der Waals surface area contributed by atoms with Crippen molar-refractivity contribution in [3.8, 4) is 0 Å². The maximum Gasteiger partial charge on any atom is 0.358 e. The number of nitrogens with one attached hydrogen (secondary N) is 1. The summed E-state index contributed by atoms with van der Waals surface area (Å²) < 4.78 is 10.1. The number of hydrogen-bond acceptors (Lipinski definition) is 12. The third-order valence-electron chi connectivity index (χ3n) is 4.92. The quantitative estimate of drug-likeness (QED) is 0.118. The van der Waals surface area contributed by atoms with E-state index in [0.29, 0.717) is 11.3 Å². The molecule has 1 saturated heterocycles. The number of amides is 2. The van der Waals surface area contributed by atoms with Gasteiger partial charge in [-0.15, -0.1) is 23.1 Å². The number of nitrogens with two attached hydrogens (primary N) is 1. The van der Waals surface area contributed by atoms with Gasteiger partial charge in [0.2, 0.25) is 6.79 Å². The first-order chi connectivity index (χ1) is 16.5. The fraction of sp³-hybridized carbons (Fsp3) is 0.429. The van der Waals surface area contributed by atoms with Gasteiger partial charge in [0.15, 0.2) is 10.8 Å². The summed E-state index contributed by atoms with van der Waals surface area (Å²) in [6, 6.07) is -0.978. The second kappa shape index (κ2) is 10.5. The maximum atomic E-state index is 13.0. The van der Waals surface area contributed by atoms with E-state index in [9.17, 15) is 24.4 Å². The van der Waals surface area contributed by atoms with Crippen LogP contribution < -0.4 is 11.1 Å². The molecule has 3 heterocycles. The van der Waals surface area contributed by atoms with Crippen LogP contribution in [0.5, 0.6) is 0 Å². The molecule has 2 atom stereocenters. The van der Waals surface area contributed by atoms with E-state index in [2.05, 4.69) is 15.5 Å². The van der Waals surface area contributed by atoms with E-state index in [1.165, 1.54) is 22.0 Å². The molecule has 0 aromatic carbocycles. The molecule has 14 heteroatoms. The number of thiazole rings is 1. The topological polar surface area (TPSA) is 174 Å². The molecule has 1 fully saturated rings. The number of allylic oxidation sites excluding steroid dienone is 2. The smallest absolute Gasteiger partial charge is 0.358 e. The van der Waals surface area contributed by atoms with Gasteiger partial charge in [-0.3, -0.25) is 19.3 Å². The van der Waals surface area contributed by atoms with E-state index in [-0.39, 0.29) is 16.5 Å². The molecule has 2 amide bonds. The van der Waals surface area contributed by atoms with E-state index in [4.69, 9.17) is 15.2 Å². The Kier molecular flexibility index (Phi) is 7.85. The number of β-lactam (4-membered cyclic amide) rings is 1. The summed E-state index contributed by atoms with van der Waals surface area (Å²) in [5.41, 5.74) is 5.03. The van der Waals surface area contributed by atoms with Crippen molar-refractivity contribution < 1.29 is 33.9 Å². The standard InChI is InChI=1S/C21H25N5O7S2/c1-5-6-10-7-34-17-13(24-15(27)12(25-31)11-8-35-20(22)23-11)16(28)26(17)14(10)18(29)32-9-33-19(30)21(2,3)4/h5-6,8,13,17,31H,7,9H2,1-4H3,(H2,22,23)(H,24,27)/b6-5+,25-12-/t13-,17+/m1/s1. The average molecular weight is 524 g/mol. The van der Waals surface area contributed by atoms with Crippen LogP contribution in [-0.2, 0) is 28.7 Å². The molecule has 0 aliphatic carbocycles. The summed E-state index contributed by atoms with van der Waals surface area (Å²) in [6.07, 6.45) is 3.40. The van der Waals surface area contributed by atoms with Gasteiger partial charge in [0, 0.05) is 11.1 Å². The summed E-state index contributed by atoms with van der Waals surface area (Å²) in [6.45, 7) is 6.15. The Balaban J connectivity index is 1.72. The van der Waals surface area contributed by atoms with Crippen LogP contribution in [0.15, 0.2) is 34.0 Å². The lowest BCUT2D eigenvalue weighted by molar-refractivity contribution is -0.173. The third-order valence-corrected chi connectivity index (χ3v) is 6.89. The Hall–Kier alpha value is -3.39. The second-order valence-electron chi connectivity index (χ2n) is 8.49. The zero-order valence-corrected chi connectivity index (χ0v) is 21.1. The number of oxime groups is 1. The molecule has 1 aromatic rings. The molecule has 35 heavy (non-hydrogen) atoms. The molecule has 1 aromatic heterocycles. The van der Waals surface area contributed by atoms with Gasteiger partial charge in [0.25, 0.3) is 11.8 Å². The van der Waals surface area contributed by atoms with Gasteiger partial charge in [-0.2, -0.15) is 0 Å². The highest BCUT2D eigenvalue weighted by Crippen LogP contribution is 2.41. The van der Waals surface area contributed by atoms with Crippen LogP contribution in [0.1, 0.15) is 33.4 Å². The first kappa shape index (κ1) is 26.2. The van der Waals surface area contributed by atoms with Crippen molar-refractivity contribution in [2.75, 3.05) is 18.3 Å². The molecule has 2 aliphatic rings. The molecule has 12 nitrogen and oxygen atoms in total. The first-order valence-corrected chi connectivity index (χ1v) is 12.3. The molecule has 0 radical (unpaired) electrons. The number of hydrogen-bond donors (Lipinski definition) is 3. The largest absolute Gasteiger partial charge is 0.427 e. The summed E-state index contributed by atoms with van der Waals surface area (Å²) in [5, 5.41) is 15.8. The van der Waals surface area contributed by atoms with E-state index in [1.807, 2.05) is 0 Å². The van der Waals surface area contributed by atoms with Crippen LogP contribution in [0.2, 0.25) is 0 Å². The maximum absolute atomic E-state index is 13.0. The van der Waals surface area contributed by atoms with Crippen molar-refractivity contribution >= 4 is 57.7 Å². The zero-order valence-electron chi connectivity index (χ0n) is 19.4. The van der Waals surface area contributed by atoms with Gasteiger partial charge in [0.05, 0.1) is 5.41 Å². The van der Waals surface area contributed by atoms with Gasteiger partial charge >= 0.3 is 11.9 Å². The number of thioether (sulfide) groups is 1. The number of rotatable bonds is 7. The molecule has 0 saturated carbocycles. The Bertz CT molecular complexity index is 1140. The van der Waals surface area contributed by atoms with Crippen LogP contribution >= 0.6 is 23.1 Å². The number of carbonyl (C=O) groups is 4. The van der Waals surface area contributed by atoms with Crippen LogP contribution in [0.4, 0.5) is 5.13 Å².